The summed E-state index contributed by atoms with van der Waals surface area (Å²) in [6.07, 6.45) is 0.885. The zero-order valence-corrected chi connectivity index (χ0v) is 17.8. The standard InChI is InChI=1S/C27H24N2O3/c1-20(32-26-16-8-13-23-12-5-6-15-25(23)26)27(30)29-28-18-22-11-7-14-24(17-22)31-19-21-9-3-2-4-10-21/h2-18,20H,19H2,1H3,(H,29,30)/b28-18+. The number of fused-ring (bicyclic) bond motifs is 1. The Labute approximate surface area is 187 Å². The van der Waals surface area contributed by atoms with Gasteiger partial charge in [-0.05, 0) is 41.6 Å². The Kier molecular flexibility index (Phi) is 6.78. The van der Waals surface area contributed by atoms with Gasteiger partial charge in [-0.2, -0.15) is 5.10 Å². The maximum atomic E-state index is 12.4. The summed E-state index contributed by atoms with van der Waals surface area (Å²) in [6, 6.07) is 31.2. The Hall–Kier alpha value is -4.12. The van der Waals surface area contributed by atoms with Crippen LogP contribution < -0.4 is 14.9 Å². The molecule has 1 N–H and O–H groups in total. The number of nitrogens with zero attached hydrogens (tertiary/aromatic N) is 1. The zero-order chi connectivity index (χ0) is 22.2. The van der Waals surface area contributed by atoms with Crippen LogP contribution in [0.3, 0.4) is 0 Å². The fraction of sp³-hybridized carbons (Fsp3) is 0.111. The number of rotatable bonds is 8. The second kappa shape index (κ2) is 10.3. The first-order valence-corrected chi connectivity index (χ1v) is 10.4. The van der Waals surface area contributed by atoms with E-state index in [-0.39, 0.29) is 5.91 Å². The van der Waals surface area contributed by atoms with E-state index in [0.717, 1.165) is 27.6 Å². The van der Waals surface area contributed by atoms with Crippen molar-refractivity contribution in [3.63, 3.8) is 0 Å². The van der Waals surface area contributed by atoms with Crippen molar-refractivity contribution in [1.29, 1.82) is 0 Å². The summed E-state index contributed by atoms with van der Waals surface area (Å²) in [4.78, 5) is 12.4. The maximum Gasteiger partial charge on any atom is 0.280 e. The minimum Gasteiger partial charge on any atom is -0.489 e. The largest absolute Gasteiger partial charge is 0.489 e. The first-order valence-electron chi connectivity index (χ1n) is 10.4. The van der Waals surface area contributed by atoms with Gasteiger partial charge in [0.15, 0.2) is 6.10 Å². The van der Waals surface area contributed by atoms with E-state index in [1.165, 1.54) is 0 Å². The minimum atomic E-state index is -0.696. The van der Waals surface area contributed by atoms with Gasteiger partial charge >= 0.3 is 0 Å². The van der Waals surface area contributed by atoms with Crippen molar-refractivity contribution in [3.8, 4) is 11.5 Å². The second-order valence-corrected chi connectivity index (χ2v) is 7.32. The third kappa shape index (κ3) is 5.52. The molecule has 1 atom stereocenters. The van der Waals surface area contributed by atoms with E-state index in [1.807, 2.05) is 97.1 Å². The minimum absolute atomic E-state index is 0.328. The molecule has 0 fully saturated rings. The molecule has 0 aliphatic carbocycles. The molecule has 0 heterocycles. The van der Waals surface area contributed by atoms with Crippen LogP contribution in [0.25, 0.3) is 10.8 Å². The Morgan fingerprint density at radius 3 is 2.56 bits per heavy atom. The SMILES string of the molecule is CC(Oc1cccc2ccccc12)C(=O)N/N=C/c1cccc(OCc2ccccc2)c1. The summed E-state index contributed by atoms with van der Waals surface area (Å²) in [5, 5.41) is 6.09. The number of amides is 1. The second-order valence-electron chi connectivity index (χ2n) is 7.32. The number of nitrogens with one attached hydrogen (secondary N) is 1. The predicted molar refractivity (Wildman–Crippen MR) is 127 cm³/mol. The highest BCUT2D eigenvalue weighted by Gasteiger charge is 2.15. The molecular weight excluding hydrogens is 400 g/mol. The number of carbonyl (C=O) groups is 1. The molecule has 0 aliphatic rings. The Morgan fingerprint density at radius 2 is 1.69 bits per heavy atom. The van der Waals surface area contributed by atoms with Gasteiger partial charge in [0, 0.05) is 5.39 Å². The molecule has 0 aromatic heterocycles. The van der Waals surface area contributed by atoms with Gasteiger partial charge in [0.2, 0.25) is 0 Å². The van der Waals surface area contributed by atoms with Gasteiger partial charge in [-0.1, -0.05) is 78.9 Å². The molecule has 5 nitrogen and oxygen atoms in total. The van der Waals surface area contributed by atoms with Gasteiger partial charge < -0.3 is 9.47 Å². The van der Waals surface area contributed by atoms with Crippen LogP contribution in [-0.4, -0.2) is 18.2 Å². The molecule has 0 saturated carbocycles. The lowest BCUT2D eigenvalue weighted by molar-refractivity contribution is -0.127. The summed E-state index contributed by atoms with van der Waals surface area (Å²) in [5.41, 5.74) is 4.46. The van der Waals surface area contributed by atoms with Crippen molar-refractivity contribution >= 4 is 22.9 Å². The quantitative estimate of drug-likeness (QED) is 0.307. The molecular formula is C27H24N2O3. The number of hydrogen-bond donors (Lipinski definition) is 1. The summed E-state index contributed by atoms with van der Waals surface area (Å²) in [5.74, 6) is 1.07. The summed E-state index contributed by atoms with van der Waals surface area (Å²) in [6.45, 7) is 2.19. The number of carbonyl (C=O) groups excluding carboxylic acids is 1. The van der Waals surface area contributed by atoms with Gasteiger partial charge in [0.25, 0.3) is 5.91 Å². The summed E-state index contributed by atoms with van der Waals surface area (Å²) >= 11 is 0. The van der Waals surface area contributed by atoms with Crippen molar-refractivity contribution in [2.45, 2.75) is 19.6 Å². The fourth-order valence-electron chi connectivity index (χ4n) is 3.23. The lowest BCUT2D eigenvalue weighted by atomic mass is 10.1. The van der Waals surface area contributed by atoms with E-state index in [9.17, 15) is 4.79 Å². The molecule has 5 heteroatoms. The van der Waals surface area contributed by atoms with Crippen LogP contribution in [0.2, 0.25) is 0 Å². The van der Waals surface area contributed by atoms with Gasteiger partial charge in [-0.3, -0.25) is 4.79 Å². The van der Waals surface area contributed by atoms with Gasteiger partial charge in [-0.25, -0.2) is 5.43 Å². The lowest BCUT2D eigenvalue weighted by Crippen LogP contribution is -2.33. The Balaban J connectivity index is 1.32. The topological polar surface area (TPSA) is 59.9 Å². The van der Waals surface area contributed by atoms with Crippen molar-refractivity contribution in [1.82, 2.24) is 5.43 Å². The average molecular weight is 425 g/mol. The summed E-state index contributed by atoms with van der Waals surface area (Å²) < 4.78 is 11.7. The van der Waals surface area contributed by atoms with Gasteiger partial charge in [0.05, 0.1) is 6.21 Å². The molecule has 1 amide bonds. The molecule has 0 aliphatic heterocycles. The normalized spacial score (nSPS) is 11.9. The Bertz CT molecular complexity index is 1220. The molecule has 0 radical (unpaired) electrons. The smallest absolute Gasteiger partial charge is 0.280 e. The van der Waals surface area contributed by atoms with Crippen molar-refractivity contribution in [2.75, 3.05) is 0 Å². The first-order chi connectivity index (χ1) is 15.7. The van der Waals surface area contributed by atoms with E-state index < -0.39 is 6.10 Å². The Morgan fingerprint density at radius 1 is 0.938 bits per heavy atom. The molecule has 1 unspecified atom stereocenters. The van der Waals surface area contributed by atoms with Crippen LogP contribution in [0.15, 0.2) is 102 Å². The van der Waals surface area contributed by atoms with E-state index in [1.54, 1.807) is 13.1 Å². The molecule has 0 saturated heterocycles. The number of ether oxygens (including phenoxy) is 2. The predicted octanol–water partition coefficient (Wildman–Crippen LogP) is 5.34. The number of benzene rings is 4. The zero-order valence-electron chi connectivity index (χ0n) is 17.8. The van der Waals surface area contributed by atoms with Gasteiger partial charge in [0.1, 0.15) is 18.1 Å². The van der Waals surface area contributed by atoms with Crippen LogP contribution in [0, 0.1) is 0 Å². The van der Waals surface area contributed by atoms with Crippen LogP contribution >= 0.6 is 0 Å². The van der Waals surface area contributed by atoms with E-state index >= 15 is 0 Å². The van der Waals surface area contributed by atoms with E-state index in [0.29, 0.717) is 12.4 Å². The molecule has 160 valence electrons. The van der Waals surface area contributed by atoms with Crippen LogP contribution in [0.4, 0.5) is 0 Å². The molecule has 32 heavy (non-hydrogen) atoms. The monoisotopic (exact) mass is 424 g/mol. The van der Waals surface area contributed by atoms with E-state index in [4.69, 9.17) is 9.47 Å². The highest BCUT2D eigenvalue weighted by atomic mass is 16.5. The summed E-state index contributed by atoms with van der Waals surface area (Å²) in [7, 11) is 0. The molecule has 4 rings (SSSR count). The highest BCUT2D eigenvalue weighted by Crippen LogP contribution is 2.26. The third-order valence-corrected chi connectivity index (χ3v) is 4.92. The van der Waals surface area contributed by atoms with Crippen LogP contribution in [0.5, 0.6) is 11.5 Å². The lowest BCUT2D eigenvalue weighted by Gasteiger charge is -2.14. The maximum absolute atomic E-state index is 12.4. The number of hydrazone groups is 1. The average Bonchev–Trinajstić information content (AvgIpc) is 2.84. The van der Waals surface area contributed by atoms with Crippen molar-refractivity contribution in [2.24, 2.45) is 5.10 Å². The van der Waals surface area contributed by atoms with Crippen molar-refractivity contribution in [3.05, 3.63) is 108 Å². The van der Waals surface area contributed by atoms with Crippen LogP contribution in [0.1, 0.15) is 18.1 Å². The molecule has 4 aromatic carbocycles. The highest BCUT2D eigenvalue weighted by molar-refractivity contribution is 5.89. The third-order valence-electron chi connectivity index (χ3n) is 4.92. The molecule has 4 aromatic rings. The fourth-order valence-corrected chi connectivity index (χ4v) is 3.23. The van der Waals surface area contributed by atoms with E-state index in [2.05, 4.69) is 10.5 Å². The van der Waals surface area contributed by atoms with Crippen LogP contribution in [-0.2, 0) is 11.4 Å². The van der Waals surface area contributed by atoms with Gasteiger partial charge in [-0.15, -0.1) is 0 Å². The first kappa shape index (κ1) is 21.1. The molecule has 0 bridgehead atoms. The van der Waals surface area contributed by atoms with Crippen molar-refractivity contribution < 1.29 is 14.3 Å². The number of hydrogen-bond acceptors (Lipinski definition) is 4. The molecule has 0 spiro atoms.